The lowest BCUT2D eigenvalue weighted by atomic mass is 9.76. The lowest BCUT2D eigenvalue weighted by Crippen LogP contribution is -2.65. The highest BCUT2D eigenvalue weighted by Gasteiger charge is 2.54. The molecule has 5 heteroatoms. The first kappa shape index (κ1) is 14.2. The van der Waals surface area contributed by atoms with E-state index in [-0.39, 0.29) is 0 Å². The first-order valence-corrected chi connectivity index (χ1v) is 9.28. The molecule has 22 heavy (non-hydrogen) atoms. The van der Waals surface area contributed by atoms with E-state index in [1.54, 1.807) is 0 Å². The average Bonchev–Trinajstić information content (AvgIpc) is 3.12. The minimum atomic E-state index is 0.558. The van der Waals surface area contributed by atoms with Crippen molar-refractivity contribution in [1.82, 2.24) is 20.2 Å². The Morgan fingerprint density at radius 3 is 2.45 bits per heavy atom. The number of ether oxygens (including phenoxy) is 1. The number of rotatable bonds is 2. The molecule has 0 radical (unpaired) electrons. The zero-order valence-electron chi connectivity index (χ0n) is 13.7. The van der Waals surface area contributed by atoms with Crippen LogP contribution in [0.25, 0.3) is 0 Å². The van der Waals surface area contributed by atoms with Gasteiger partial charge in [-0.3, -0.25) is 4.90 Å². The topological polar surface area (TPSA) is 31.0 Å². The standard InChI is InChI=1S/C17H30N4O/c1-2-16(12-21(13-16)20-6-4-18-5-7-20)9-15(1)19-10-17(11-19)3-8-22-14-17/h15,18H,1-14H2. The predicted molar refractivity (Wildman–Crippen MR) is 85.5 cm³/mol. The fraction of sp³-hybridized carbons (Fsp3) is 1.00. The molecule has 0 amide bonds. The number of hydrogen-bond acceptors (Lipinski definition) is 5. The van der Waals surface area contributed by atoms with Gasteiger partial charge in [0.25, 0.3) is 0 Å². The molecule has 5 aliphatic rings. The summed E-state index contributed by atoms with van der Waals surface area (Å²) in [5.74, 6) is 0. The molecule has 0 aromatic rings. The summed E-state index contributed by atoms with van der Waals surface area (Å²) < 4.78 is 5.62. The zero-order chi connectivity index (χ0) is 14.6. The van der Waals surface area contributed by atoms with Gasteiger partial charge in [-0.2, -0.15) is 0 Å². The van der Waals surface area contributed by atoms with Gasteiger partial charge in [0.2, 0.25) is 0 Å². The van der Waals surface area contributed by atoms with Crippen LogP contribution in [-0.2, 0) is 4.74 Å². The second-order valence-electron chi connectivity index (χ2n) is 8.63. The van der Waals surface area contributed by atoms with Crippen molar-refractivity contribution in [3.63, 3.8) is 0 Å². The van der Waals surface area contributed by atoms with Gasteiger partial charge in [0, 0.05) is 75.8 Å². The van der Waals surface area contributed by atoms with E-state index >= 15 is 0 Å². The van der Waals surface area contributed by atoms with Crippen LogP contribution in [-0.4, -0.2) is 86.5 Å². The number of piperazine rings is 1. The van der Waals surface area contributed by atoms with E-state index < -0.39 is 0 Å². The molecule has 4 heterocycles. The van der Waals surface area contributed by atoms with E-state index in [1.165, 1.54) is 65.0 Å². The first-order valence-electron chi connectivity index (χ1n) is 9.28. The average molecular weight is 306 g/mol. The summed E-state index contributed by atoms with van der Waals surface area (Å²) in [5.41, 5.74) is 1.21. The number of hydrazine groups is 1. The van der Waals surface area contributed by atoms with Crippen molar-refractivity contribution in [3.8, 4) is 0 Å². The largest absolute Gasteiger partial charge is 0.381 e. The minimum Gasteiger partial charge on any atom is -0.381 e. The Kier molecular flexibility index (Phi) is 3.32. The predicted octanol–water partition coefficient (Wildman–Crippen LogP) is 0.383. The van der Waals surface area contributed by atoms with E-state index in [0.29, 0.717) is 10.8 Å². The Morgan fingerprint density at radius 1 is 0.909 bits per heavy atom. The Balaban J connectivity index is 1.12. The lowest BCUT2D eigenvalue weighted by Gasteiger charge is -2.55. The molecule has 1 saturated carbocycles. The normalized spacial score (nSPS) is 38.5. The van der Waals surface area contributed by atoms with Crippen LogP contribution in [0.4, 0.5) is 0 Å². The molecule has 1 aliphatic carbocycles. The molecule has 0 bridgehead atoms. The molecule has 5 rings (SSSR count). The van der Waals surface area contributed by atoms with Crippen molar-refractivity contribution < 1.29 is 4.74 Å². The Hall–Kier alpha value is -0.200. The van der Waals surface area contributed by atoms with E-state index in [0.717, 1.165) is 32.3 Å². The van der Waals surface area contributed by atoms with Gasteiger partial charge in [-0.05, 0) is 25.7 Å². The van der Waals surface area contributed by atoms with E-state index in [9.17, 15) is 0 Å². The van der Waals surface area contributed by atoms with Gasteiger partial charge in [0.15, 0.2) is 0 Å². The van der Waals surface area contributed by atoms with Gasteiger partial charge < -0.3 is 10.1 Å². The van der Waals surface area contributed by atoms with Crippen molar-refractivity contribution in [2.45, 2.75) is 31.7 Å². The van der Waals surface area contributed by atoms with Crippen molar-refractivity contribution in [2.75, 3.05) is 65.6 Å². The molecular formula is C17H30N4O. The van der Waals surface area contributed by atoms with Crippen LogP contribution in [0, 0.1) is 10.8 Å². The van der Waals surface area contributed by atoms with Gasteiger partial charge in [0.05, 0.1) is 6.61 Å². The highest BCUT2D eigenvalue weighted by Crippen LogP contribution is 2.50. The number of likely N-dealkylation sites (tertiary alicyclic amines) is 1. The summed E-state index contributed by atoms with van der Waals surface area (Å²) in [5, 5.41) is 8.67. The summed E-state index contributed by atoms with van der Waals surface area (Å²) in [4.78, 5) is 2.77. The highest BCUT2D eigenvalue weighted by atomic mass is 16.5. The molecule has 0 aromatic carbocycles. The molecule has 5 nitrogen and oxygen atoms in total. The maximum Gasteiger partial charge on any atom is 0.0547 e. The van der Waals surface area contributed by atoms with E-state index in [1.807, 2.05) is 0 Å². The molecule has 1 N–H and O–H groups in total. The van der Waals surface area contributed by atoms with Gasteiger partial charge in [-0.1, -0.05) is 0 Å². The minimum absolute atomic E-state index is 0.558. The molecule has 5 fully saturated rings. The van der Waals surface area contributed by atoms with Gasteiger partial charge in [-0.25, -0.2) is 10.0 Å². The first-order chi connectivity index (χ1) is 10.8. The van der Waals surface area contributed by atoms with Crippen molar-refractivity contribution in [2.24, 2.45) is 10.8 Å². The van der Waals surface area contributed by atoms with Crippen LogP contribution in [0.3, 0.4) is 0 Å². The second kappa shape index (κ2) is 5.15. The molecule has 124 valence electrons. The summed E-state index contributed by atoms with van der Waals surface area (Å²) >= 11 is 0. The monoisotopic (exact) mass is 306 g/mol. The molecule has 1 unspecified atom stereocenters. The van der Waals surface area contributed by atoms with Gasteiger partial charge >= 0.3 is 0 Å². The van der Waals surface area contributed by atoms with Crippen LogP contribution in [0.1, 0.15) is 25.7 Å². The fourth-order valence-corrected chi connectivity index (χ4v) is 5.61. The van der Waals surface area contributed by atoms with Crippen molar-refractivity contribution >= 4 is 0 Å². The van der Waals surface area contributed by atoms with E-state index in [2.05, 4.69) is 20.2 Å². The second-order valence-corrected chi connectivity index (χ2v) is 8.63. The third-order valence-corrected chi connectivity index (χ3v) is 6.98. The molecule has 1 atom stereocenters. The van der Waals surface area contributed by atoms with Gasteiger partial charge in [-0.15, -0.1) is 0 Å². The molecule has 4 aliphatic heterocycles. The molecule has 4 saturated heterocycles. The fourth-order valence-electron chi connectivity index (χ4n) is 5.61. The van der Waals surface area contributed by atoms with Crippen molar-refractivity contribution in [3.05, 3.63) is 0 Å². The quantitative estimate of drug-likeness (QED) is 0.797. The van der Waals surface area contributed by atoms with Crippen LogP contribution in [0.5, 0.6) is 0 Å². The number of nitrogens with one attached hydrogen (secondary N) is 1. The van der Waals surface area contributed by atoms with Gasteiger partial charge in [0.1, 0.15) is 0 Å². The summed E-state index contributed by atoms with van der Waals surface area (Å²) in [7, 11) is 0. The Morgan fingerprint density at radius 2 is 1.73 bits per heavy atom. The van der Waals surface area contributed by atoms with Crippen molar-refractivity contribution in [1.29, 1.82) is 0 Å². The highest BCUT2D eigenvalue weighted by molar-refractivity contribution is 5.07. The van der Waals surface area contributed by atoms with Crippen LogP contribution >= 0.6 is 0 Å². The molecule has 2 spiro atoms. The summed E-state index contributed by atoms with van der Waals surface area (Å²) in [6, 6.07) is 0.872. The third-order valence-electron chi connectivity index (χ3n) is 6.98. The third kappa shape index (κ3) is 2.25. The Labute approximate surface area is 133 Å². The number of hydrogen-bond donors (Lipinski definition) is 1. The van der Waals surface area contributed by atoms with Crippen LogP contribution in [0.2, 0.25) is 0 Å². The maximum atomic E-state index is 5.62. The smallest absolute Gasteiger partial charge is 0.0547 e. The maximum absolute atomic E-state index is 5.62. The summed E-state index contributed by atoms with van der Waals surface area (Å²) in [6.07, 6.45) is 5.65. The molecular weight excluding hydrogens is 276 g/mol. The lowest BCUT2D eigenvalue weighted by molar-refractivity contribution is -0.156. The SMILES string of the molecule is C1CN(N2CC3(CCC(N4CC5(CCOC5)C4)C3)C2)CCN1. The number of nitrogens with zero attached hydrogens (tertiary/aromatic N) is 3. The van der Waals surface area contributed by atoms with E-state index in [4.69, 9.17) is 4.74 Å². The zero-order valence-corrected chi connectivity index (χ0v) is 13.7. The Bertz CT molecular complexity index is 416. The molecule has 0 aromatic heterocycles. The summed E-state index contributed by atoms with van der Waals surface area (Å²) in [6.45, 7) is 12.0. The van der Waals surface area contributed by atoms with Crippen LogP contribution in [0.15, 0.2) is 0 Å². The van der Waals surface area contributed by atoms with Crippen LogP contribution < -0.4 is 5.32 Å².